The lowest BCUT2D eigenvalue weighted by atomic mass is 10.3. The van der Waals surface area contributed by atoms with Gasteiger partial charge in [0.25, 0.3) is 0 Å². The maximum atomic E-state index is 4.18. The van der Waals surface area contributed by atoms with Crippen molar-refractivity contribution in [2.75, 3.05) is 5.09 Å². The third-order valence-electron chi connectivity index (χ3n) is 1.50. The summed E-state index contributed by atoms with van der Waals surface area (Å²) in [6.07, 6.45) is 0. The molecule has 1 heterocycles. The van der Waals surface area contributed by atoms with E-state index in [0.29, 0.717) is 0 Å². The number of benzene rings is 1. The lowest BCUT2D eigenvalue weighted by Gasteiger charge is -1.96. The zero-order valence-corrected chi connectivity index (χ0v) is 7.71. The minimum absolute atomic E-state index is 1.07. The molecule has 0 aliphatic heterocycles. The van der Waals surface area contributed by atoms with Gasteiger partial charge in [0.05, 0.1) is 15.7 Å². The van der Waals surface area contributed by atoms with Crippen LogP contribution in [0.3, 0.4) is 0 Å². The molecule has 4 heteroatoms. The highest BCUT2D eigenvalue weighted by Crippen LogP contribution is 2.22. The summed E-state index contributed by atoms with van der Waals surface area (Å²) >= 11 is 1.66. The summed E-state index contributed by atoms with van der Waals surface area (Å²) in [5.41, 5.74) is 4.03. The van der Waals surface area contributed by atoms with Crippen molar-refractivity contribution in [2.24, 2.45) is 0 Å². The molecule has 1 unspecified atom stereocenters. The van der Waals surface area contributed by atoms with Gasteiger partial charge in [0, 0.05) is 5.69 Å². The van der Waals surface area contributed by atoms with Crippen molar-refractivity contribution >= 4 is 36.6 Å². The Kier molecular flexibility index (Phi) is 1.76. The van der Waals surface area contributed by atoms with Crippen LogP contribution in [0.25, 0.3) is 10.2 Å². The fourth-order valence-corrected chi connectivity index (χ4v) is 1.84. The van der Waals surface area contributed by atoms with Crippen molar-refractivity contribution in [2.45, 2.75) is 0 Å². The lowest BCUT2D eigenvalue weighted by molar-refractivity contribution is 1.50. The summed E-state index contributed by atoms with van der Waals surface area (Å²) in [6, 6.07) is 6.10. The number of hydrogen-bond acceptors (Lipinski definition) is 3. The third kappa shape index (κ3) is 1.22. The second-order valence-electron chi connectivity index (χ2n) is 2.18. The first-order valence-corrected chi connectivity index (χ1v) is 4.66. The van der Waals surface area contributed by atoms with E-state index in [9.17, 15) is 0 Å². The largest absolute Gasteiger partial charge is 0.369 e. The molecule has 11 heavy (non-hydrogen) atoms. The van der Waals surface area contributed by atoms with E-state index in [4.69, 9.17) is 0 Å². The highest BCUT2D eigenvalue weighted by atomic mass is 32.1. The van der Waals surface area contributed by atoms with E-state index in [0.717, 1.165) is 11.2 Å². The SMILES string of the molecule is PNc1ccc2ncsc2c1. The van der Waals surface area contributed by atoms with Crippen molar-refractivity contribution < 1.29 is 0 Å². The molecule has 1 aromatic heterocycles. The Hall–Kier alpha value is -0.660. The molecular weight excluding hydrogens is 175 g/mol. The molecule has 0 spiro atoms. The Labute approximate surface area is 70.9 Å². The van der Waals surface area contributed by atoms with Gasteiger partial charge >= 0.3 is 0 Å². The average molecular weight is 182 g/mol. The quantitative estimate of drug-likeness (QED) is 0.685. The van der Waals surface area contributed by atoms with Crippen LogP contribution in [0.1, 0.15) is 0 Å². The number of hydrogen-bond donors (Lipinski definition) is 1. The number of thiazole rings is 1. The van der Waals surface area contributed by atoms with Gasteiger partial charge in [-0.1, -0.05) is 0 Å². The second-order valence-corrected chi connectivity index (χ2v) is 3.35. The molecule has 0 radical (unpaired) electrons. The first kappa shape index (κ1) is 7.01. The number of fused-ring (bicyclic) bond motifs is 1. The first-order chi connectivity index (χ1) is 5.40. The smallest absolute Gasteiger partial charge is 0.0813 e. The Morgan fingerprint density at radius 2 is 2.36 bits per heavy atom. The Bertz CT molecular complexity index is 371. The van der Waals surface area contributed by atoms with Gasteiger partial charge in [-0.3, -0.25) is 0 Å². The standard InChI is InChI=1S/C7H7N2PS/c10-9-5-1-2-6-7(3-5)11-4-8-6/h1-4,9H,10H2. The summed E-state index contributed by atoms with van der Waals surface area (Å²) in [7, 11) is 2.47. The molecule has 1 atom stereocenters. The molecule has 2 nitrogen and oxygen atoms in total. The van der Waals surface area contributed by atoms with E-state index < -0.39 is 0 Å². The third-order valence-corrected chi connectivity index (χ3v) is 2.62. The topological polar surface area (TPSA) is 24.9 Å². The van der Waals surface area contributed by atoms with Crippen LogP contribution in [0.4, 0.5) is 5.69 Å². The van der Waals surface area contributed by atoms with Gasteiger partial charge in [-0.05, 0) is 27.6 Å². The molecule has 0 saturated carbocycles. The van der Waals surface area contributed by atoms with E-state index in [2.05, 4.69) is 25.5 Å². The fourth-order valence-electron chi connectivity index (χ4n) is 0.945. The summed E-state index contributed by atoms with van der Waals surface area (Å²) in [5, 5.41) is 3.00. The summed E-state index contributed by atoms with van der Waals surface area (Å²) < 4.78 is 1.22. The molecular formula is C7H7N2PS. The van der Waals surface area contributed by atoms with Crippen LogP contribution in [-0.2, 0) is 0 Å². The van der Waals surface area contributed by atoms with Gasteiger partial charge in [0.1, 0.15) is 0 Å². The van der Waals surface area contributed by atoms with Crippen LogP contribution in [-0.4, -0.2) is 4.98 Å². The summed E-state index contributed by atoms with van der Waals surface area (Å²) in [6.45, 7) is 0. The molecule has 0 amide bonds. The molecule has 2 rings (SSSR count). The Morgan fingerprint density at radius 3 is 3.18 bits per heavy atom. The molecule has 1 N–H and O–H groups in total. The van der Waals surface area contributed by atoms with Crippen molar-refractivity contribution in [1.29, 1.82) is 0 Å². The van der Waals surface area contributed by atoms with Crippen LogP contribution in [0.15, 0.2) is 23.7 Å². The van der Waals surface area contributed by atoms with Crippen LogP contribution in [0, 0.1) is 0 Å². The number of nitrogens with one attached hydrogen (secondary N) is 1. The van der Waals surface area contributed by atoms with Crippen molar-refractivity contribution in [1.82, 2.24) is 4.98 Å². The molecule has 0 aliphatic carbocycles. The molecule has 56 valence electrons. The van der Waals surface area contributed by atoms with Crippen molar-refractivity contribution in [3.63, 3.8) is 0 Å². The van der Waals surface area contributed by atoms with Gasteiger partial charge in [0.15, 0.2) is 0 Å². The van der Waals surface area contributed by atoms with E-state index in [1.54, 1.807) is 11.3 Å². The molecule has 0 aliphatic rings. The van der Waals surface area contributed by atoms with Gasteiger partial charge in [-0.2, -0.15) is 0 Å². The predicted molar refractivity (Wildman–Crippen MR) is 53.0 cm³/mol. The maximum Gasteiger partial charge on any atom is 0.0813 e. The number of nitrogens with zero attached hydrogens (tertiary/aromatic N) is 1. The molecule has 0 bridgehead atoms. The van der Waals surface area contributed by atoms with Crippen LogP contribution in [0.5, 0.6) is 0 Å². The van der Waals surface area contributed by atoms with Crippen LogP contribution < -0.4 is 5.09 Å². The maximum absolute atomic E-state index is 4.18. The summed E-state index contributed by atoms with van der Waals surface area (Å²) in [4.78, 5) is 4.18. The van der Waals surface area contributed by atoms with E-state index in [-0.39, 0.29) is 0 Å². The Balaban J connectivity index is 2.67. The second kappa shape index (κ2) is 2.76. The van der Waals surface area contributed by atoms with E-state index in [1.807, 2.05) is 17.6 Å². The fraction of sp³-hybridized carbons (Fsp3) is 0. The number of aromatic nitrogens is 1. The zero-order chi connectivity index (χ0) is 7.68. The summed E-state index contributed by atoms with van der Waals surface area (Å²) in [5.74, 6) is 0. The Morgan fingerprint density at radius 1 is 1.45 bits per heavy atom. The average Bonchev–Trinajstić information content (AvgIpc) is 2.50. The van der Waals surface area contributed by atoms with Gasteiger partial charge in [-0.25, -0.2) is 4.98 Å². The number of rotatable bonds is 1. The number of anilines is 1. The molecule has 0 fully saturated rings. The lowest BCUT2D eigenvalue weighted by Crippen LogP contribution is -1.76. The molecule has 0 saturated heterocycles. The van der Waals surface area contributed by atoms with Gasteiger partial charge in [-0.15, -0.1) is 11.3 Å². The minimum atomic E-state index is 1.07. The van der Waals surface area contributed by atoms with Crippen LogP contribution >= 0.6 is 20.7 Å². The van der Waals surface area contributed by atoms with E-state index >= 15 is 0 Å². The zero-order valence-electron chi connectivity index (χ0n) is 5.74. The van der Waals surface area contributed by atoms with E-state index in [1.165, 1.54) is 4.70 Å². The molecule has 2 aromatic rings. The highest BCUT2D eigenvalue weighted by Gasteiger charge is 1.95. The van der Waals surface area contributed by atoms with Crippen molar-refractivity contribution in [3.8, 4) is 0 Å². The van der Waals surface area contributed by atoms with Crippen LogP contribution in [0.2, 0.25) is 0 Å². The minimum Gasteiger partial charge on any atom is -0.369 e. The van der Waals surface area contributed by atoms with Crippen molar-refractivity contribution in [3.05, 3.63) is 23.7 Å². The van der Waals surface area contributed by atoms with Gasteiger partial charge < -0.3 is 5.09 Å². The predicted octanol–water partition coefficient (Wildman–Crippen LogP) is 2.50. The molecule has 1 aromatic carbocycles. The monoisotopic (exact) mass is 182 g/mol. The normalized spacial score (nSPS) is 10.3. The first-order valence-electron chi connectivity index (χ1n) is 3.20. The highest BCUT2D eigenvalue weighted by molar-refractivity contribution is 7.19. The van der Waals surface area contributed by atoms with Gasteiger partial charge in [0.2, 0.25) is 0 Å².